The van der Waals surface area contributed by atoms with E-state index < -0.39 is 6.10 Å². The topological polar surface area (TPSA) is 50.9 Å². The molecule has 0 fully saturated rings. The summed E-state index contributed by atoms with van der Waals surface area (Å²) >= 11 is 0. The van der Waals surface area contributed by atoms with Crippen molar-refractivity contribution >= 4 is 0 Å². The van der Waals surface area contributed by atoms with Crippen LogP contribution < -0.4 is 0 Å². The molecule has 1 unspecified atom stereocenters. The predicted molar refractivity (Wildman–Crippen MR) is 61.0 cm³/mol. The molecule has 2 heterocycles. The molecule has 0 aliphatic rings. The molecule has 0 aromatic carbocycles. The average molecular weight is 217 g/mol. The maximum Gasteiger partial charge on any atom is 0.109 e. The fourth-order valence-electron chi connectivity index (χ4n) is 1.60. The number of aryl methyl sites for hydroxylation is 2. The first-order valence-corrected chi connectivity index (χ1v) is 5.18. The first-order valence-electron chi connectivity index (χ1n) is 5.18. The standard InChI is InChI=1S/C12H15N3O/c1-8-4-5-10(6-13-8)12(16)11-7-14-15(3)9(11)2/h4-7,12,16H,1-3H3. The summed E-state index contributed by atoms with van der Waals surface area (Å²) in [7, 11) is 1.86. The fraction of sp³-hybridized carbons (Fsp3) is 0.333. The molecular formula is C12H15N3O. The van der Waals surface area contributed by atoms with Crippen molar-refractivity contribution in [3.05, 3.63) is 47.0 Å². The molecule has 0 aliphatic heterocycles. The lowest BCUT2D eigenvalue weighted by molar-refractivity contribution is 0.219. The van der Waals surface area contributed by atoms with E-state index in [0.29, 0.717) is 0 Å². The highest BCUT2D eigenvalue weighted by Gasteiger charge is 2.15. The number of rotatable bonds is 2. The fourth-order valence-corrected chi connectivity index (χ4v) is 1.60. The van der Waals surface area contributed by atoms with Gasteiger partial charge in [-0.25, -0.2) is 0 Å². The van der Waals surface area contributed by atoms with Crippen LogP contribution in [-0.4, -0.2) is 19.9 Å². The van der Waals surface area contributed by atoms with Crippen molar-refractivity contribution in [3.8, 4) is 0 Å². The van der Waals surface area contributed by atoms with E-state index in [0.717, 1.165) is 22.5 Å². The van der Waals surface area contributed by atoms with Crippen LogP contribution in [0.25, 0.3) is 0 Å². The Hall–Kier alpha value is -1.68. The summed E-state index contributed by atoms with van der Waals surface area (Å²) in [4.78, 5) is 4.17. The summed E-state index contributed by atoms with van der Waals surface area (Å²) in [5.41, 5.74) is 3.53. The highest BCUT2D eigenvalue weighted by Crippen LogP contribution is 2.23. The maximum absolute atomic E-state index is 10.2. The van der Waals surface area contributed by atoms with E-state index in [1.165, 1.54) is 0 Å². The zero-order valence-electron chi connectivity index (χ0n) is 9.68. The van der Waals surface area contributed by atoms with Crippen LogP contribution in [0.1, 0.15) is 28.6 Å². The SMILES string of the molecule is Cc1ccc(C(O)c2cnn(C)c2C)cn1. The van der Waals surface area contributed by atoms with Crippen LogP contribution in [0.4, 0.5) is 0 Å². The number of hydrogen-bond donors (Lipinski definition) is 1. The zero-order chi connectivity index (χ0) is 11.7. The van der Waals surface area contributed by atoms with Gasteiger partial charge in [-0.15, -0.1) is 0 Å². The average Bonchev–Trinajstić information content (AvgIpc) is 2.60. The van der Waals surface area contributed by atoms with Gasteiger partial charge in [0, 0.05) is 35.8 Å². The van der Waals surface area contributed by atoms with E-state index in [1.807, 2.05) is 33.0 Å². The number of nitrogens with zero attached hydrogens (tertiary/aromatic N) is 3. The van der Waals surface area contributed by atoms with Gasteiger partial charge in [0.25, 0.3) is 0 Å². The molecule has 0 radical (unpaired) electrons. The molecule has 16 heavy (non-hydrogen) atoms. The molecule has 0 saturated carbocycles. The minimum absolute atomic E-state index is 0.651. The highest BCUT2D eigenvalue weighted by molar-refractivity contribution is 5.29. The molecular weight excluding hydrogens is 202 g/mol. The van der Waals surface area contributed by atoms with Gasteiger partial charge < -0.3 is 5.11 Å². The van der Waals surface area contributed by atoms with Crippen molar-refractivity contribution in [3.63, 3.8) is 0 Å². The van der Waals surface area contributed by atoms with Crippen LogP contribution in [-0.2, 0) is 7.05 Å². The molecule has 2 aromatic rings. The summed E-state index contributed by atoms with van der Waals surface area (Å²) < 4.78 is 1.75. The largest absolute Gasteiger partial charge is 0.383 e. The van der Waals surface area contributed by atoms with Crippen molar-refractivity contribution < 1.29 is 5.11 Å². The lowest BCUT2D eigenvalue weighted by Gasteiger charge is -2.10. The van der Waals surface area contributed by atoms with Gasteiger partial charge in [0.15, 0.2) is 0 Å². The monoisotopic (exact) mass is 217 g/mol. The molecule has 0 aliphatic carbocycles. The number of hydrogen-bond acceptors (Lipinski definition) is 3. The van der Waals surface area contributed by atoms with Crippen LogP contribution in [0.15, 0.2) is 24.5 Å². The van der Waals surface area contributed by atoms with Crippen molar-refractivity contribution in [1.29, 1.82) is 0 Å². The second-order valence-electron chi connectivity index (χ2n) is 3.94. The molecule has 0 spiro atoms. The summed E-state index contributed by atoms with van der Waals surface area (Å²) in [5.74, 6) is 0. The molecule has 4 nitrogen and oxygen atoms in total. The Kier molecular flexibility index (Phi) is 2.75. The molecule has 2 rings (SSSR count). The smallest absolute Gasteiger partial charge is 0.109 e. The van der Waals surface area contributed by atoms with Gasteiger partial charge in [-0.3, -0.25) is 9.67 Å². The normalized spacial score (nSPS) is 12.8. The minimum Gasteiger partial charge on any atom is -0.383 e. The van der Waals surface area contributed by atoms with Crippen LogP contribution in [0.3, 0.4) is 0 Å². The molecule has 0 bridgehead atoms. The van der Waals surface area contributed by atoms with Crippen LogP contribution >= 0.6 is 0 Å². The lowest BCUT2D eigenvalue weighted by atomic mass is 10.0. The van der Waals surface area contributed by atoms with E-state index in [-0.39, 0.29) is 0 Å². The quantitative estimate of drug-likeness (QED) is 0.829. The van der Waals surface area contributed by atoms with Gasteiger partial charge in [-0.05, 0) is 19.9 Å². The van der Waals surface area contributed by atoms with E-state index >= 15 is 0 Å². The summed E-state index contributed by atoms with van der Waals surface area (Å²) in [5, 5.41) is 14.3. The third-order valence-corrected chi connectivity index (χ3v) is 2.82. The predicted octanol–water partition coefficient (Wildman–Crippen LogP) is 1.51. The highest BCUT2D eigenvalue weighted by atomic mass is 16.3. The third kappa shape index (κ3) is 1.84. The van der Waals surface area contributed by atoms with Gasteiger partial charge in [0.1, 0.15) is 6.10 Å². The van der Waals surface area contributed by atoms with Crippen molar-refractivity contribution in [1.82, 2.24) is 14.8 Å². The summed E-state index contributed by atoms with van der Waals surface area (Å²) in [6.07, 6.45) is 2.74. The van der Waals surface area contributed by atoms with Crippen molar-refractivity contribution in [2.75, 3.05) is 0 Å². The molecule has 0 amide bonds. The number of pyridine rings is 1. The van der Waals surface area contributed by atoms with Crippen molar-refractivity contribution in [2.24, 2.45) is 7.05 Å². The molecule has 1 atom stereocenters. The van der Waals surface area contributed by atoms with Crippen LogP contribution in [0.5, 0.6) is 0 Å². The Morgan fingerprint density at radius 2 is 2.00 bits per heavy atom. The first-order chi connectivity index (χ1) is 7.59. The first kappa shape index (κ1) is 10.8. The Morgan fingerprint density at radius 3 is 2.50 bits per heavy atom. The van der Waals surface area contributed by atoms with Gasteiger partial charge in [0.2, 0.25) is 0 Å². The second-order valence-corrected chi connectivity index (χ2v) is 3.94. The molecule has 84 valence electrons. The van der Waals surface area contributed by atoms with Gasteiger partial charge in [-0.2, -0.15) is 5.10 Å². The summed E-state index contributed by atoms with van der Waals surface area (Å²) in [6.45, 7) is 3.86. The Morgan fingerprint density at radius 1 is 1.25 bits per heavy atom. The van der Waals surface area contributed by atoms with Gasteiger partial charge >= 0.3 is 0 Å². The van der Waals surface area contributed by atoms with Crippen LogP contribution in [0.2, 0.25) is 0 Å². The minimum atomic E-state index is -0.651. The van der Waals surface area contributed by atoms with E-state index in [9.17, 15) is 5.11 Å². The zero-order valence-corrected chi connectivity index (χ0v) is 9.68. The summed E-state index contributed by atoms with van der Waals surface area (Å²) in [6, 6.07) is 3.78. The van der Waals surface area contributed by atoms with Gasteiger partial charge in [0.05, 0.1) is 6.20 Å². The third-order valence-electron chi connectivity index (χ3n) is 2.82. The molecule has 1 N–H and O–H groups in total. The lowest BCUT2D eigenvalue weighted by Crippen LogP contribution is -2.02. The number of aliphatic hydroxyl groups excluding tert-OH is 1. The van der Waals surface area contributed by atoms with E-state index in [2.05, 4.69) is 10.1 Å². The van der Waals surface area contributed by atoms with Gasteiger partial charge in [-0.1, -0.05) is 6.07 Å². The molecule has 2 aromatic heterocycles. The van der Waals surface area contributed by atoms with Crippen LogP contribution in [0, 0.1) is 13.8 Å². The molecule has 0 saturated heterocycles. The Bertz CT molecular complexity index is 487. The molecule has 4 heteroatoms. The number of aliphatic hydroxyl groups is 1. The number of aromatic nitrogens is 3. The van der Waals surface area contributed by atoms with E-state index in [4.69, 9.17) is 0 Å². The Labute approximate surface area is 94.6 Å². The Balaban J connectivity index is 2.35. The maximum atomic E-state index is 10.2. The van der Waals surface area contributed by atoms with Crippen molar-refractivity contribution in [2.45, 2.75) is 20.0 Å². The second kappa shape index (κ2) is 4.06. The van der Waals surface area contributed by atoms with E-state index in [1.54, 1.807) is 17.1 Å².